The molecule has 0 aliphatic rings. The summed E-state index contributed by atoms with van der Waals surface area (Å²) < 4.78 is 5.09. The topological polar surface area (TPSA) is 68.3 Å². The normalized spacial score (nSPS) is 10.9. The number of ether oxygens (including phenoxy) is 1. The van der Waals surface area contributed by atoms with Crippen molar-refractivity contribution in [3.8, 4) is 0 Å². The number of hydrogen-bond donors (Lipinski definition) is 1. The summed E-state index contributed by atoms with van der Waals surface area (Å²) >= 11 is 0. The number of carbonyl (C=O) groups excluding carboxylic acids is 2. The summed E-state index contributed by atoms with van der Waals surface area (Å²) in [5.41, 5.74) is 0.799. The fourth-order valence-electron chi connectivity index (χ4n) is 1.39. The van der Waals surface area contributed by atoms with Gasteiger partial charge in [-0.3, -0.25) is 14.6 Å². The molecule has 0 radical (unpaired) electrons. The molecule has 0 spiro atoms. The summed E-state index contributed by atoms with van der Waals surface area (Å²) in [4.78, 5) is 27.2. The summed E-state index contributed by atoms with van der Waals surface area (Å²) in [6.45, 7) is 7.18. The van der Waals surface area contributed by atoms with E-state index in [9.17, 15) is 9.59 Å². The van der Waals surface area contributed by atoms with Crippen LogP contribution in [0.5, 0.6) is 0 Å². The molecule has 1 N–H and O–H groups in total. The van der Waals surface area contributed by atoms with Crippen molar-refractivity contribution in [3.05, 3.63) is 29.6 Å². The van der Waals surface area contributed by atoms with Crippen LogP contribution in [-0.4, -0.2) is 29.0 Å². The minimum atomic E-state index is -0.553. The quantitative estimate of drug-likeness (QED) is 0.841. The van der Waals surface area contributed by atoms with E-state index in [0.29, 0.717) is 5.69 Å². The van der Waals surface area contributed by atoms with Crippen molar-refractivity contribution < 1.29 is 14.3 Å². The molecule has 5 heteroatoms. The van der Waals surface area contributed by atoms with Crippen LogP contribution in [0.15, 0.2) is 18.3 Å². The minimum Gasteiger partial charge on any atom is -0.459 e. The Labute approximate surface area is 113 Å². The fraction of sp³-hybridized carbons (Fsp3) is 0.500. The molecule has 104 valence electrons. The number of nitrogens with zero attached hydrogens (tertiary/aromatic N) is 1. The highest BCUT2D eigenvalue weighted by atomic mass is 16.6. The maximum absolute atomic E-state index is 11.7. The number of amides is 1. The van der Waals surface area contributed by atoms with Crippen LogP contribution in [0, 0.1) is 0 Å². The van der Waals surface area contributed by atoms with E-state index in [4.69, 9.17) is 4.74 Å². The van der Waals surface area contributed by atoms with Crippen molar-refractivity contribution >= 4 is 11.9 Å². The van der Waals surface area contributed by atoms with Gasteiger partial charge in [-0.2, -0.15) is 0 Å². The molecule has 1 rings (SSSR count). The molecule has 1 heterocycles. The molecule has 19 heavy (non-hydrogen) atoms. The van der Waals surface area contributed by atoms with Crippen molar-refractivity contribution in [3.63, 3.8) is 0 Å². The molecule has 1 aromatic heterocycles. The molecule has 1 amide bonds. The van der Waals surface area contributed by atoms with Crippen LogP contribution in [0.3, 0.4) is 0 Å². The highest BCUT2D eigenvalue weighted by molar-refractivity contribution is 5.94. The Morgan fingerprint density at radius 3 is 2.47 bits per heavy atom. The van der Waals surface area contributed by atoms with E-state index in [1.807, 2.05) is 13.0 Å². The van der Waals surface area contributed by atoms with E-state index in [-0.39, 0.29) is 12.5 Å². The Morgan fingerprint density at radius 2 is 2.00 bits per heavy atom. The molecule has 0 unspecified atom stereocenters. The zero-order chi connectivity index (χ0) is 14.5. The summed E-state index contributed by atoms with van der Waals surface area (Å²) in [7, 11) is 0. The molecule has 0 fully saturated rings. The third-order valence-corrected chi connectivity index (χ3v) is 2.28. The summed E-state index contributed by atoms with van der Waals surface area (Å²) in [6, 6.07) is 3.48. The lowest BCUT2D eigenvalue weighted by atomic mass is 10.2. The average Bonchev–Trinajstić information content (AvgIpc) is 2.34. The standard InChI is InChI=1S/C14H20N2O3/c1-5-10-6-7-11(15-8-10)13(18)16-9-12(17)19-14(2,3)4/h6-8H,5,9H2,1-4H3,(H,16,18). The van der Waals surface area contributed by atoms with E-state index in [1.165, 1.54) is 0 Å². The molecule has 0 atom stereocenters. The first-order chi connectivity index (χ1) is 8.81. The Hall–Kier alpha value is -1.91. The van der Waals surface area contributed by atoms with E-state index < -0.39 is 11.6 Å². The van der Waals surface area contributed by atoms with Gasteiger partial charge in [0.25, 0.3) is 5.91 Å². The zero-order valence-electron chi connectivity index (χ0n) is 11.8. The van der Waals surface area contributed by atoms with Gasteiger partial charge in [-0.05, 0) is 38.8 Å². The number of aromatic nitrogens is 1. The van der Waals surface area contributed by atoms with Crippen molar-refractivity contribution in [2.24, 2.45) is 0 Å². The zero-order valence-corrected chi connectivity index (χ0v) is 11.8. The van der Waals surface area contributed by atoms with E-state index in [2.05, 4.69) is 10.3 Å². The molecule has 1 aromatic rings. The van der Waals surface area contributed by atoms with Crippen molar-refractivity contribution in [2.75, 3.05) is 6.54 Å². The van der Waals surface area contributed by atoms with E-state index >= 15 is 0 Å². The SMILES string of the molecule is CCc1ccc(C(=O)NCC(=O)OC(C)(C)C)nc1. The number of nitrogens with one attached hydrogen (secondary N) is 1. The van der Waals surface area contributed by atoms with Crippen LogP contribution >= 0.6 is 0 Å². The maximum atomic E-state index is 11.7. The first-order valence-electron chi connectivity index (χ1n) is 6.27. The second-order valence-corrected chi connectivity index (χ2v) is 5.17. The lowest BCUT2D eigenvalue weighted by molar-refractivity contribution is -0.153. The van der Waals surface area contributed by atoms with Crippen molar-refractivity contribution in [2.45, 2.75) is 39.7 Å². The number of pyridine rings is 1. The van der Waals surface area contributed by atoms with Gasteiger partial charge in [0.1, 0.15) is 17.8 Å². The van der Waals surface area contributed by atoms with Crippen LogP contribution < -0.4 is 5.32 Å². The van der Waals surface area contributed by atoms with Crippen LogP contribution in [0.25, 0.3) is 0 Å². The van der Waals surface area contributed by atoms with Gasteiger partial charge in [0.05, 0.1) is 0 Å². The first kappa shape index (κ1) is 15.1. The third kappa shape index (κ3) is 5.50. The van der Waals surface area contributed by atoms with Crippen LogP contribution in [0.4, 0.5) is 0 Å². The number of hydrogen-bond acceptors (Lipinski definition) is 4. The monoisotopic (exact) mass is 264 g/mol. The number of esters is 1. The molecule has 0 aliphatic heterocycles. The Morgan fingerprint density at radius 1 is 1.32 bits per heavy atom. The second-order valence-electron chi connectivity index (χ2n) is 5.17. The number of aryl methyl sites for hydroxylation is 1. The molecular weight excluding hydrogens is 244 g/mol. The average molecular weight is 264 g/mol. The van der Waals surface area contributed by atoms with Crippen molar-refractivity contribution in [1.82, 2.24) is 10.3 Å². The van der Waals surface area contributed by atoms with Gasteiger partial charge in [0.2, 0.25) is 0 Å². The van der Waals surface area contributed by atoms with Gasteiger partial charge >= 0.3 is 5.97 Å². The first-order valence-corrected chi connectivity index (χ1v) is 6.27. The number of carbonyl (C=O) groups is 2. The van der Waals surface area contributed by atoms with Crippen LogP contribution in [0.2, 0.25) is 0 Å². The van der Waals surface area contributed by atoms with Gasteiger partial charge in [0.15, 0.2) is 0 Å². The molecule has 0 aromatic carbocycles. The third-order valence-electron chi connectivity index (χ3n) is 2.28. The van der Waals surface area contributed by atoms with Crippen molar-refractivity contribution in [1.29, 1.82) is 0 Å². The Kier molecular flexibility index (Phi) is 5.03. The summed E-state index contributed by atoms with van der Waals surface area (Å²) in [6.07, 6.45) is 2.52. The summed E-state index contributed by atoms with van der Waals surface area (Å²) in [5, 5.41) is 2.48. The predicted octanol–water partition coefficient (Wildman–Crippen LogP) is 1.72. The highest BCUT2D eigenvalue weighted by Gasteiger charge is 2.17. The predicted molar refractivity (Wildman–Crippen MR) is 71.8 cm³/mol. The van der Waals surface area contributed by atoms with Crippen LogP contribution in [-0.2, 0) is 16.0 Å². The number of rotatable bonds is 4. The largest absolute Gasteiger partial charge is 0.459 e. The molecule has 0 aliphatic carbocycles. The lowest BCUT2D eigenvalue weighted by Crippen LogP contribution is -2.34. The Balaban J connectivity index is 2.49. The van der Waals surface area contributed by atoms with Gasteiger partial charge in [-0.25, -0.2) is 0 Å². The molecule has 0 saturated carbocycles. The van der Waals surface area contributed by atoms with Gasteiger partial charge in [0, 0.05) is 6.20 Å². The smallest absolute Gasteiger partial charge is 0.325 e. The van der Waals surface area contributed by atoms with Gasteiger partial charge in [-0.1, -0.05) is 13.0 Å². The lowest BCUT2D eigenvalue weighted by Gasteiger charge is -2.19. The van der Waals surface area contributed by atoms with Gasteiger partial charge < -0.3 is 10.1 Å². The van der Waals surface area contributed by atoms with E-state index in [1.54, 1.807) is 33.0 Å². The highest BCUT2D eigenvalue weighted by Crippen LogP contribution is 2.06. The van der Waals surface area contributed by atoms with Crippen LogP contribution in [0.1, 0.15) is 43.7 Å². The second kappa shape index (κ2) is 6.31. The molecule has 0 bridgehead atoms. The van der Waals surface area contributed by atoms with E-state index in [0.717, 1.165) is 12.0 Å². The minimum absolute atomic E-state index is 0.159. The van der Waals surface area contributed by atoms with Gasteiger partial charge in [-0.15, -0.1) is 0 Å². The fourth-order valence-corrected chi connectivity index (χ4v) is 1.39. The Bertz CT molecular complexity index is 447. The molecule has 5 nitrogen and oxygen atoms in total. The molecular formula is C14H20N2O3. The molecule has 0 saturated heterocycles. The summed E-state index contributed by atoms with van der Waals surface area (Å²) in [5.74, 6) is -0.848. The maximum Gasteiger partial charge on any atom is 0.325 e.